The van der Waals surface area contributed by atoms with Crippen LogP contribution < -0.4 is 0 Å². The summed E-state index contributed by atoms with van der Waals surface area (Å²) in [7, 11) is 0. The van der Waals surface area contributed by atoms with Crippen LogP contribution >= 0.6 is 11.3 Å². The SMILES string of the molecule is CC(C)N1C(=O)c2ccccc2C(C(=O)O)C1c1cscn1. The molecule has 1 N–H and O–H groups in total. The minimum atomic E-state index is -0.941. The summed E-state index contributed by atoms with van der Waals surface area (Å²) in [6.45, 7) is 3.79. The first-order valence-corrected chi connectivity index (χ1v) is 7.99. The Bertz CT molecular complexity index is 712. The molecule has 0 aliphatic carbocycles. The van der Waals surface area contributed by atoms with Gasteiger partial charge in [-0.2, -0.15) is 0 Å². The monoisotopic (exact) mass is 316 g/mol. The highest BCUT2D eigenvalue weighted by atomic mass is 32.1. The molecular formula is C16H16N2O3S. The van der Waals surface area contributed by atoms with Crippen LogP contribution in [-0.4, -0.2) is 32.9 Å². The molecule has 5 nitrogen and oxygen atoms in total. The number of carboxylic acid groups (broad SMARTS) is 1. The lowest BCUT2D eigenvalue weighted by molar-refractivity contribution is -0.140. The number of benzene rings is 1. The molecule has 2 heterocycles. The van der Waals surface area contributed by atoms with Crippen molar-refractivity contribution in [2.45, 2.75) is 31.8 Å². The van der Waals surface area contributed by atoms with Gasteiger partial charge in [0.1, 0.15) is 5.92 Å². The van der Waals surface area contributed by atoms with Crippen molar-refractivity contribution in [3.8, 4) is 0 Å². The second-order valence-electron chi connectivity index (χ2n) is 5.57. The summed E-state index contributed by atoms with van der Waals surface area (Å²) in [5.74, 6) is -1.89. The first-order chi connectivity index (χ1) is 10.5. The van der Waals surface area contributed by atoms with E-state index in [0.29, 0.717) is 16.8 Å². The lowest BCUT2D eigenvalue weighted by Crippen LogP contribution is -2.48. The molecule has 2 aromatic rings. The van der Waals surface area contributed by atoms with Crippen molar-refractivity contribution in [2.24, 2.45) is 0 Å². The maximum Gasteiger partial charge on any atom is 0.313 e. The molecule has 1 aliphatic rings. The minimum Gasteiger partial charge on any atom is -0.481 e. The predicted octanol–water partition coefficient (Wildman–Crippen LogP) is 2.92. The minimum absolute atomic E-state index is 0.116. The van der Waals surface area contributed by atoms with Crippen molar-refractivity contribution >= 4 is 23.2 Å². The normalized spacial score (nSPS) is 21.0. The summed E-state index contributed by atoms with van der Waals surface area (Å²) < 4.78 is 0. The fourth-order valence-corrected chi connectivity index (χ4v) is 3.65. The number of fused-ring (bicyclic) bond motifs is 1. The van der Waals surface area contributed by atoms with Crippen LogP contribution in [0.25, 0.3) is 0 Å². The molecule has 0 saturated carbocycles. The van der Waals surface area contributed by atoms with Gasteiger partial charge >= 0.3 is 5.97 Å². The number of aliphatic carboxylic acids is 1. The molecule has 0 saturated heterocycles. The van der Waals surface area contributed by atoms with E-state index in [9.17, 15) is 14.7 Å². The first kappa shape index (κ1) is 14.7. The van der Waals surface area contributed by atoms with Crippen molar-refractivity contribution in [2.75, 3.05) is 0 Å². The van der Waals surface area contributed by atoms with E-state index in [0.717, 1.165) is 0 Å². The van der Waals surface area contributed by atoms with E-state index in [4.69, 9.17) is 0 Å². The number of aromatic nitrogens is 1. The van der Waals surface area contributed by atoms with E-state index in [1.807, 2.05) is 19.2 Å². The Kier molecular flexibility index (Phi) is 3.70. The average Bonchev–Trinajstić information content (AvgIpc) is 3.00. The van der Waals surface area contributed by atoms with Gasteiger partial charge in [0.15, 0.2) is 0 Å². The lowest BCUT2D eigenvalue weighted by Gasteiger charge is -2.42. The number of carbonyl (C=O) groups is 2. The van der Waals surface area contributed by atoms with Crippen LogP contribution in [-0.2, 0) is 4.79 Å². The van der Waals surface area contributed by atoms with Crippen LogP contribution in [0.4, 0.5) is 0 Å². The van der Waals surface area contributed by atoms with Crippen LogP contribution in [0.2, 0.25) is 0 Å². The quantitative estimate of drug-likeness (QED) is 0.945. The van der Waals surface area contributed by atoms with Crippen molar-refractivity contribution in [1.82, 2.24) is 9.88 Å². The molecule has 0 fully saturated rings. The van der Waals surface area contributed by atoms with E-state index in [1.54, 1.807) is 34.7 Å². The largest absolute Gasteiger partial charge is 0.481 e. The predicted molar refractivity (Wildman–Crippen MR) is 83.0 cm³/mol. The van der Waals surface area contributed by atoms with Crippen LogP contribution in [0.15, 0.2) is 35.2 Å². The maximum absolute atomic E-state index is 12.8. The zero-order valence-electron chi connectivity index (χ0n) is 12.3. The summed E-state index contributed by atoms with van der Waals surface area (Å²) in [5, 5.41) is 11.6. The van der Waals surface area contributed by atoms with E-state index in [2.05, 4.69) is 4.98 Å². The van der Waals surface area contributed by atoms with Crippen molar-refractivity contribution in [3.05, 3.63) is 52.0 Å². The Morgan fingerprint density at radius 1 is 1.36 bits per heavy atom. The number of nitrogens with zero attached hydrogens (tertiary/aromatic N) is 2. The zero-order chi connectivity index (χ0) is 15.9. The molecule has 1 aromatic heterocycles. The molecule has 114 valence electrons. The zero-order valence-corrected chi connectivity index (χ0v) is 13.1. The number of hydrogen-bond acceptors (Lipinski definition) is 4. The molecule has 6 heteroatoms. The van der Waals surface area contributed by atoms with Gasteiger partial charge in [-0.3, -0.25) is 9.59 Å². The fraction of sp³-hybridized carbons (Fsp3) is 0.312. The van der Waals surface area contributed by atoms with Crippen LogP contribution in [0.1, 0.15) is 47.4 Å². The van der Waals surface area contributed by atoms with E-state index in [1.165, 1.54) is 11.3 Å². The second kappa shape index (κ2) is 5.53. The third-order valence-corrected chi connectivity index (χ3v) is 4.56. The first-order valence-electron chi connectivity index (χ1n) is 7.05. The van der Waals surface area contributed by atoms with Gasteiger partial charge in [0.25, 0.3) is 5.91 Å². The summed E-state index contributed by atoms with van der Waals surface area (Å²) in [4.78, 5) is 30.7. The Morgan fingerprint density at radius 3 is 2.68 bits per heavy atom. The van der Waals surface area contributed by atoms with Crippen LogP contribution in [0.5, 0.6) is 0 Å². The molecule has 0 radical (unpaired) electrons. The second-order valence-corrected chi connectivity index (χ2v) is 6.29. The number of thiazole rings is 1. The standard InChI is InChI=1S/C16H16N2O3S/c1-9(2)18-14(12-7-22-8-17-12)13(16(20)21)10-5-3-4-6-11(10)15(18)19/h3-9,13-14H,1-2H3,(H,20,21). The maximum atomic E-state index is 12.8. The average molecular weight is 316 g/mol. The van der Waals surface area contributed by atoms with Gasteiger partial charge in [0.05, 0.1) is 17.2 Å². The molecule has 3 rings (SSSR count). The van der Waals surface area contributed by atoms with E-state index in [-0.39, 0.29) is 11.9 Å². The number of rotatable bonds is 3. The molecule has 2 atom stereocenters. The highest BCUT2D eigenvalue weighted by Crippen LogP contribution is 2.43. The van der Waals surface area contributed by atoms with E-state index >= 15 is 0 Å². The number of hydrogen-bond donors (Lipinski definition) is 1. The lowest BCUT2D eigenvalue weighted by atomic mass is 9.81. The molecular weight excluding hydrogens is 300 g/mol. The van der Waals surface area contributed by atoms with Crippen molar-refractivity contribution < 1.29 is 14.7 Å². The Hall–Kier alpha value is -2.21. The summed E-state index contributed by atoms with van der Waals surface area (Å²) >= 11 is 1.40. The Morgan fingerprint density at radius 2 is 2.09 bits per heavy atom. The van der Waals surface area contributed by atoms with Crippen LogP contribution in [0.3, 0.4) is 0 Å². The van der Waals surface area contributed by atoms with Crippen molar-refractivity contribution in [1.29, 1.82) is 0 Å². The highest BCUT2D eigenvalue weighted by Gasteiger charge is 2.45. The Labute approximate surface area is 132 Å². The number of carboxylic acids is 1. The molecule has 1 aliphatic heterocycles. The fourth-order valence-electron chi connectivity index (χ4n) is 3.06. The van der Waals surface area contributed by atoms with Gasteiger partial charge in [-0.25, -0.2) is 4.98 Å². The van der Waals surface area contributed by atoms with E-state index < -0.39 is 17.9 Å². The van der Waals surface area contributed by atoms with Crippen molar-refractivity contribution in [3.63, 3.8) is 0 Å². The molecule has 1 aromatic carbocycles. The molecule has 0 bridgehead atoms. The van der Waals surface area contributed by atoms with Gasteiger partial charge < -0.3 is 10.0 Å². The third-order valence-electron chi connectivity index (χ3n) is 3.95. The molecule has 2 unspecified atom stereocenters. The highest BCUT2D eigenvalue weighted by molar-refractivity contribution is 7.07. The number of carbonyl (C=O) groups excluding carboxylic acids is 1. The summed E-state index contributed by atoms with van der Waals surface area (Å²) in [6, 6.07) is 6.26. The van der Waals surface area contributed by atoms with Gasteiger partial charge in [-0.15, -0.1) is 11.3 Å². The van der Waals surface area contributed by atoms with Gasteiger partial charge in [0.2, 0.25) is 0 Å². The Balaban J connectivity index is 2.24. The molecule has 1 amide bonds. The smallest absolute Gasteiger partial charge is 0.313 e. The van der Waals surface area contributed by atoms with Gasteiger partial charge in [-0.1, -0.05) is 18.2 Å². The van der Waals surface area contributed by atoms with Gasteiger partial charge in [-0.05, 0) is 25.5 Å². The summed E-state index contributed by atoms with van der Waals surface area (Å²) in [6.07, 6.45) is 0. The topological polar surface area (TPSA) is 70.5 Å². The van der Waals surface area contributed by atoms with Crippen LogP contribution in [0, 0.1) is 0 Å². The molecule has 0 spiro atoms. The molecule has 22 heavy (non-hydrogen) atoms. The third kappa shape index (κ3) is 2.20. The summed E-state index contributed by atoms with van der Waals surface area (Å²) in [5.41, 5.74) is 3.33. The van der Waals surface area contributed by atoms with Gasteiger partial charge in [0, 0.05) is 17.0 Å². The number of amides is 1.